The maximum Gasteiger partial charge on any atom is 0.156 e. The van der Waals surface area contributed by atoms with Crippen molar-refractivity contribution in [1.29, 1.82) is 0 Å². The number of hydrogen-bond acceptors (Lipinski definition) is 1. The normalized spacial score (nSPS) is 28.3. The van der Waals surface area contributed by atoms with Gasteiger partial charge in [0.25, 0.3) is 0 Å². The Morgan fingerprint density at radius 3 is 2.87 bits per heavy atom. The van der Waals surface area contributed by atoms with Crippen LogP contribution in [0.3, 0.4) is 0 Å². The summed E-state index contributed by atoms with van der Waals surface area (Å²) in [5.41, 5.74) is 4.01. The fraction of sp³-hybridized carbons (Fsp3) is 0.357. The maximum absolute atomic E-state index is 11.5. The number of carbonyl (C=O) groups is 1. The van der Waals surface area contributed by atoms with Gasteiger partial charge in [-0.15, -0.1) is 0 Å². The monoisotopic (exact) mass is 198 g/mol. The van der Waals surface area contributed by atoms with Gasteiger partial charge in [0.1, 0.15) is 0 Å². The third-order valence-electron chi connectivity index (χ3n) is 3.69. The minimum absolute atomic E-state index is 0.297. The Morgan fingerprint density at radius 2 is 2.00 bits per heavy atom. The van der Waals surface area contributed by atoms with E-state index in [1.54, 1.807) is 0 Å². The zero-order valence-electron chi connectivity index (χ0n) is 8.86. The Bertz CT molecular complexity index is 456. The van der Waals surface area contributed by atoms with Crippen LogP contribution in [0.15, 0.2) is 30.3 Å². The van der Waals surface area contributed by atoms with Gasteiger partial charge < -0.3 is 0 Å². The van der Waals surface area contributed by atoms with Crippen LogP contribution in [0.4, 0.5) is 0 Å². The Morgan fingerprint density at radius 1 is 1.20 bits per heavy atom. The zero-order chi connectivity index (χ0) is 10.4. The fourth-order valence-electron chi connectivity index (χ4n) is 2.91. The van der Waals surface area contributed by atoms with Gasteiger partial charge in [0.2, 0.25) is 0 Å². The van der Waals surface area contributed by atoms with E-state index in [1.807, 2.05) is 6.08 Å². The molecule has 2 atom stereocenters. The summed E-state index contributed by atoms with van der Waals surface area (Å²) in [5.74, 6) is 1.38. The summed E-state index contributed by atoms with van der Waals surface area (Å²) < 4.78 is 0. The molecule has 0 aliphatic heterocycles. The van der Waals surface area contributed by atoms with Gasteiger partial charge in [-0.25, -0.2) is 0 Å². The third kappa shape index (κ3) is 1.26. The van der Waals surface area contributed by atoms with Crippen molar-refractivity contribution in [2.45, 2.75) is 19.8 Å². The molecule has 0 saturated heterocycles. The number of benzene rings is 1. The first-order valence-corrected chi connectivity index (χ1v) is 5.58. The molecule has 15 heavy (non-hydrogen) atoms. The van der Waals surface area contributed by atoms with Crippen molar-refractivity contribution < 1.29 is 4.79 Å². The second-order valence-corrected chi connectivity index (χ2v) is 4.72. The lowest BCUT2D eigenvalue weighted by molar-refractivity contribution is -0.115. The number of carbonyl (C=O) groups excluding carboxylic acids is 1. The Balaban J connectivity index is 2.15. The van der Waals surface area contributed by atoms with Gasteiger partial charge >= 0.3 is 0 Å². The quantitative estimate of drug-likeness (QED) is 0.626. The highest BCUT2D eigenvalue weighted by Crippen LogP contribution is 2.44. The Labute approximate surface area is 89.8 Å². The van der Waals surface area contributed by atoms with Crippen LogP contribution in [0, 0.1) is 11.8 Å². The van der Waals surface area contributed by atoms with Crippen molar-refractivity contribution in [3.8, 4) is 0 Å². The summed E-state index contributed by atoms with van der Waals surface area (Å²) in [6.07, 6.45) is 3.72. The first-order valence-electron chi connectivity index (χ1n) is 5.58. The number of fused-ring (bicyclic) bond motifs is 3. The van der Waals surface area contributed by atoms with E-state index in [0.29, 0.717) is 17.6 Å². The summed E-state index contributed by atoms with van der Waals surface area (Å²) in [7, 11) is 0. The SMILES string of the molecule is CC1CC(=O)C=C2c3ccccc3CC21. The first-order chi connectivity index (χ1) is 7.25. The molecule has 1 nitrogen and oxygen atoms in total. The molecule has 0 fully saturated rings. The van der Waals surface area contributed by atoms with E-state index in [4.69, 9.17) is 0 Å². The Hall–Kier alpha value is -1.37. The van der Waals surface area contributed by atoms with Crippen LogP contribution in [0.1, 0.15) is 24.5 Å². The molecule has 3 rings (SSSR count). The molecule has 1 heteroatoms. The number of rotatable bonds is 0. The fourth-order valence-corrected chi connectivity index (χ4v) is 2.91. The van der Waals surface area contributed by atoms with Crippen molar-refractivity contribution in [1.82, 2.24) is 0 Å². The lowest BCUT2D eigenvalue weighted by atomic mass is 9.79. The Kier molecular flexibility index (Phi) is 1.82. The molecule has 1 aromatic carbocycles. The average molecular weight is 198 g/mol. The highest BCUT2D eigenvalue weighted by atomic mass is 16.1. The molecule has 0 radical (unpaired) electrons. The molecule has 0 bridgehead atoms. The first kappa shape index (κ1) is 8.90. The molecule has 0 amide bonds. The van der Waals surface area contributed by atoms with Crippen LogP contribution >= 0.6 is 0 Å². The van der Waals surface area contributed by atoms with Gasteiger partial charge in [-0.1, -0.05) is 31.2 Å². The minimum atomic E-state index is 0.297. The summed E-state index contributed by atoms with van der Waals surface area (Å²) in [6, 6.07) is 8.48. The molecule has 2 aliphatic rings. The van der Waals surface area contributed by atoms with Gasteiger partial charge in [0.15, 0.2) is 5.78 Å². The smallest absolute Gasteiger partial charge is 0.156 e. The molecule has 2 unspecified atom stereocenters. The average Bonchev–Trinajstić information content (AvgIpc) is 2.57. The van der Waals surface area contributed by atoms with Crippen LogP contribution in [-0.2, 0) is 11.2 Å². The molecular weight excluding hydrogens is 184 g/mol. The standard InChI is InChI=1S/C14H14O/c1-9-6-11(15)8-14-12-5-3-2-4-10(12)7-13(9)14/h2-5,8-9,13H,6-7H2,1H3. The van der Waals surface area contributed by atoms with E-state index >= 15 is 0 Å². The van der Waals surface area contributed by atoms with Gasteiger partial charge in [-0.3, -0.25) is 4.79 Å². The summed E-state index contributed by atoms with van der Waals surface area (Å²) in [5, 5.41) is 0. The second kappa shape index (κ2) is 3.06. The van der Waals surface area contributed by atoms with Crippen LogP contribution in [-0.4, -0.2) is 5.78 Å². The van der Waals surface area contributed by atoms with Crippen molar-refractivity contribution in [2.24, 2.45) is 11.8 Å². The highest BCUT2D eigenvalue weighted by molar-refractivity contribution is 6.00. The van der Waals surface area contributed by atoms with Crippen molar-refractivity contribution in [2.75, 3.05) is 0 Å². The predicted molar refractivity (Wildman–Crippen MR) is 60.4 cm³/mol. The largest absolute Gasteiger partial charge is 0.295 e. The molecule has 2 aliphatic carbocycles. The van der Waals surface area contributed by atoms with E-state index in [0.717, 1.165) is 12.8 Å². The maximum atomic E-state index is 11.5. The second-order valence-electron chi connectivity index (χ2n) is 4.72. The van der Waals surface area contributed by atoms with E-state index in [1.165, 1.54) is 16.7 Å². The van der Waals surface area contributed by atoms with Gasteiger partial charge in [-0.2, -0.15) is 0 Å². The lowest BCUT2D eigenvalue weighted by Crippen LogP contribution is -2.19. The minimum Gasteiger partial charge on any atom is -0.295 e. The molecule has 0 heterocycles. The van der Waals surface area contributed by atoms with Crippen molar-refractivity contribution in [3.05, 3.63) is 41.5 Å². The molecule has 0 aromatic heterocycles. The van der Waals surface area contributed by atoms with E-state index < -0.39 is 0 Å². The summed E-state index contributed by atoms with van der Waals surface area (Å²) in [6.45, 7) is 2.20. The lowest BCUT2D eigenvalue weighted by Gasteiger charge is -2.24. The number of ketones is 1. The number of allylic oxidation sites excluding steroid dienone is 2. The van der Waals surface area contributed by atoms with Gasteiger partial charge in [0, 0.05) is 6.42 Å². The topological polar surface area (TPSA) is 17.1 Å². The molecule has 0 saturated carbocycles. The van der Waals surface area contributed by atoms with Crippen molar-refractivity contribution in [3.63, 3.8) is 0 Å². The molecule has 0 N–H and O–H groups in total. The van der Waals surface area contributed by atoms with Crippen LogP contribution in [0.5, 0.6) is 0 Å². The molecule has 76 valence electrons. The van der Waals surface area contributed by atoms with E-state index in [9.17, 15) is 4.79 Å². The molecule has 0 spiro atoms. The summed E-state index contributed by atoms with van der Waals surface area (Å²) >= 11 is 0. The van der Waals surface area contributed by atoms with Crippen LogP contribution in [0.25, 0.3) is 5.57 Å². The number of hydrogen-bond donors (Lipinski definition) is 0. The van der Waals surface area contributed by atoms with Gasteiger partial charge in [0.05, 0.1) is 0 Å². The van der Waals surface area contributed by atoms with Gasteiger partial charge in [-0.05, 0) is 41.0 Å². The van der Waals surface area contributed by atoms with E-state index in [-0.39, 0.29) is 0 Å². The third-order valence-corrected chi connectivity index (χ3v) is 3.69. The zero-order valence-corrected chi connectivity index (χ0v) is 8.86. The summed E-state index contributed by atoms with van der Waals surface area (Å²) in [4.78, 5) is 11.5. The van der Waals surface area contributed by atoms with Crippen LogP contribution in [0.2, 0.25) is 0 Å². The molecular formula is C14H14O. The van der Waals surface area contributed by atoms with Crippen molar-refractivity contribution >= 4 is 11.4 Å². The molecule has 1 aromatic rings. The predicted octanol–water partition coefficient (Wildman–Crippen LogP) is 2.85. The highest BCUT2D eigenvalue weighted by Gasteiger charge is 2.34. The van der Waals surface area contributed by atoms with E-state index in [2.05, 4.69) is 31.2 Å². The van der Waals surface area contributed by atoms with Crippen LogP contribution < -0.4 is 0 Å².